The van der Waals surface area contributed by atoms with Crippen LogP contribution in [0.15, 0.2) is 54.6 Å². The van der Waals surface area contributed by atoms with Gasteiger partial charge in [-0.3, -0.25) is 14.9 Å². The van der Waals surface area contributed by atoms with Crippen molar-refractivity contribution in [2.24, 2.45) is 0 Å². The second kappa shape index (κ2) is 7.82. The third kappa shape index (κ3) is 4.20. The lowest BCUT2D eigenvalue weighted by molar-refractivity contribution is -0.384. The third-order valence-electron chi connectivity index (χ3n) is 4.31. The number of ether oxygens (including phenoxy) is 1. The maximum absolute atomic E-state index is 12.5. The summed E-state index contributed by atoms with van der Waals surface area (Å²) in [5.74, 6) is 0.0910. The quantitative estimate of drug-likeness (QED) is 0.491. The molecule has 1 heterocycles. The number of carbonyl (C=O) groups is 1. The summed E-state index contributed by atoms with van der Waals surface area (Å²) in [7, 11) is 0. The molecule has 3 aromatic rings. The van der Waals surface area contributed by atoms with Crippen LogP contribution in [-0.2, 0) is 6.42 Å². The van der Waals surface area contributed by atoms with E-state index >= 15 is 0 Å². The van der Waals surface area contributed by atoms with E-state index in [1.807, 2.05) is 44.2 Å². The van der Waals surface area contributed by atoms with Gasteiger partial charge in [0, 0.05) is 29.8 Å². The molecule has 0 aliphatic heterocycles. The Morgan fingerprint density at radius 2 is 1.78 bits per heavy atom. The number of nitrogens with zero attached hydrogens (tertiary/aromatic N) is 3. The van der Waals surface area contributed by atoms with Gasteiger partial charge in [0.15, 0.2) is 6.61 Å². The fourth-order valence-electron chi connectivity index (χ4n) is 2.84. The van der Waals surface area contributed by atoms with Crippen molar-refractivity contribution >= 4 is 11.6 Å². The molecule has 7 nitrogen and oxygen atoms in total. The topological polar surface area (TPSA) is 87.3 Å². The Kier molecular flexibility index (Phi) is 5.30. The molecule has 0 amide bonds. The highest BCUT2D eigenvalue weighted by molar-refractivity contribution is 5.80. The van der Waals surface area contributed by atoms with Gasteiger partial charge in [-0.2, -0.15) is 5.10 Å². The van der Waals surface area contributed by atoms with Crippen LogP contribution in [0.3, 0.4) is 0 Å². The highest BCUT2D eigenvalue weighted by Gasteiger charge is 2.17. The van der Waals surface area contributed by atoms with Crippen molar-refractivity contribution in [2.75, 3.05) is 6.61 Å². The summed E-state index contributed by atoms with van der Waals surface area (Å²) in [5.41, 5.74) is 3.73. The van der Waals surface area contributed by atoms with Crippen LogP contribution in [0.4, 0.5) is 5.69 Å². The van der Waals surface area contributed by atoms with Gasteiger partial charge in [-0.1, -0.05) is 30.3 Å². The van der Waals surface area contributed by atoms with Crippen LogP contribution < -0.4 is 4.74 Å². The molecule has 0 aliphatic carbocycles. The minimum absolute atomic E-state index is 0.0298. The third-order valence-corrected chi connectivity index (χ3v) is 4.31. The largest absolute Gasteiger partial charge is 0.484 e. The van der Waals surface area contributed by atoms with Crippen molar-refractivity contribution in [3.63, 3.8) is 0 Å². The maximum atomic E-state index is 12.5. The van der Waals surface area contributed by atoms with Crippen LogP contribution >= 0.6 is 0 Å². The lowest BCUT2D eigenvalue weighted by Gasteiger charge is -2.07. The molecule has 0 spiro atoms. The van der Waals surface area contributed by atoms with Crippen LogP contribution in [0.5, 0.6) is 5.75 Å². The summed E-state index contributed by atoms with van der Waals surface area (Å²) in [6.45, 7) is 3.54. The van der Waals surface area contributed by atoms with Gasteiger partial charge < -0.3 is 4.74 Å². The summed E-state index contributed by atoms with van der Waals surface area (Å²) >= 11 is 0. The first kappa shape index (κ1) is 18.3. The van der Waals surface area contributed by atoms with E-state index in [9.17, 15) is 14.9 Å². The molecule has 138 valence electrons. The number of nitro groups is 1. The van der Waals surface area contributed by atoms with Crippen molar-refractivity contribution in [1.82, 2.24) is 9.78 Å². The molecule has 0 N–H and O–H groups in total. The number of non-ortho nitro benzene ring substituents is 1. The van der Waals surface area contributed by atoms with E-state index in [0.717, 1.165) is 22.5 Å². The predicted molar refractivity (Wildman–Crippen MR) is 100 cm³/mol. The van der Waals surface area contributed by atoms with Gasteiger partial charge in [0.25, 0.3) is 11.6 Å². The van der Waals surface area contributed by atoms with Crippen molar-refractivity contribution in [3.05, 3.63) is 87.2 Å². The Bertz CT molecular complexity index is 963. The molecule has 0 fully saturated rings. The molecule has 2 aromatic carbocycles. The summed E-state index contributed by atoms with van der Waals surface area (Å²) in [4.78, 5) is 22.7. The Morgan fingerprint density at radius 3 is 2.41 bits per heavy atom. The fraction of sp³-hybridized carbons (Fsp3) is 0.200. The maximum Gasteiger partial charge on any atom is 0.284 e. The van der Waals surface area contributed by atoms with Gasteiger partial charge in [0.2, 0.25) is 0 Å². The number of aryl methyl sites for hydroxylation is 1. The van der Waals surface area contributed by atoms with Crippen LogP contribution in [0.2, 0.25) is 0 Å². The van der Waals surface area contributed by atoms with E-state index in [-0.39, 0.29) is 18.2 Å². The number of rotatable bonds is 6. The molecule has 0 saturated heterocycles. The molecule has 3 rings (SSSR count). The van der Waals surface area contributed by atoms with E-state index in [1.54, 1.807) is 0 Å². The van der Waals surface area contributed by atoms with Gasteiger partial charge in [-0.25, -0.2) is 4.68 Å². The SMILES string of the molecule is Cc1nn(C(=O)COc2ccc([N+](=O)[O-])cc2)c(C)c1Cc1ccccc1. The van der Waals surface area contributed by atoms with Crippen LogP contribution in [0.25, 0.3) is 0 Å². The standard InChI is InChI=1S/C20H19N3O4/c1-14-19(12-16-6-4-3-5-7-16)15(2)22(21-14)20(24)13-27-18-10-8-17(9-11-18)23(25)26/h3-11H,12-13H2,1-2H3. The molecular weight excluding hydrogens is 346 g/mol. The molecule has 0 aliphatic rings. The lowest BCUT2D eigenvalue weighted by atomic mass is 10.0. The second-order valence-corrected chi connectivity index (χ2v) is 6.16. The predicted octanol–water partition coefficient (Wildman–Crippen LogP) is 3.72. The molecule has 0 saturated carbocycles. The Hall–Kier alpha value is -3.48. The number of benzene rings is 2. The first-order chi connectivity index (χ1) is 13.0. The number of hydrogen-bond donors (Lipinski definition) is 0. The summed E-state index contributed by atoms with van der Waals surface area (Å²) < 4.78 is 6.81. The summed E-state index contributed by atoms with van der Waals surface area (Å²) in [6, 6.07) is 15.6. The summed E-state index contributed by atoms with van der Waals surface area (Å²) in [5, 5.41) is 15.0. The number of carbonyl (C=O) groups excluding carboxylic acids is 1. The van der Waals surface area contributed by atoms with E-state index in [2.05, 4.69) is 5.10 Å². The van der Waals surface area contributed by atoms with Gasteiger partial charge in [-0.05, 0) is 31.5 Å². The number of nitro benzene ring substituents is 1. The van der Waals surface area contributed by atoms with Crippen LogP contribution in [0, 0.1) is 24.0 Å². The molecule has 0 radical (unpaired) electrons. The van der Waals surface area contributed by atoms with Crippen molar-refractivity contribution in [1.29, 1.82) is 0 Å². The van der Waals surface area contributed by atoms with Crippen molar-refractivity contribution in [3.8, 4) is 5.75 Å². The molecule has 1 aromatic heterocycles. The smallest absolute Gasteiger partial charge is 0.284 e. The highest BCUT2D eigenvalue weighted by Crippen LogP contribution is 2.19. The molecule has 27 heavy (non-hydrogen) atoms. The molecule has 0 atom stereocenters. The monoisotopic (exact) mass is 365 g/mol. The molecular formula is C20H19N3O4. The van der Waals surface area contributed by atoms with E-state index in [0.29, 0.717) is 12.2 Å². The zero-order valence-electron chi connectivity index (χ0n) is 15.1. The Balaban J connectivity index is 1.70. The minimum atomic E-state index is -0.487. The van der Waals surface area contributed by atoms with Crippen molar-refractivity contribution < 1.29 is 14.5 Å². The lowest BCUT2D eigenvalue weighted by Crippen LogP contribution is -2.21. The molecule has 0 unspecified atom stereocenters. The van der Waals surface area contributed by atoms with Crippen molar-refractivity contribution in [2.45, 2.75) is 20.3 Å². The Morgan fingerprint density at radius 1 is 1.11 bits per heavy atom. The van der Waals surface area contributed by atoms with E-state index in [4.69, 9.17) is 4.74 Å². The van der Waals surface area contributed by atoms with Gasteiger partial charge in [0.1, 0.15) is 5.75 Å². The van der Waals surface area contributed by atoms with Gasteiger partial charge >= 0.3 is 0 Å². The highest BCUT2D eigenvalue weighted by atomic mass is 16.6. The summed E-state index contributed by atoms with van der Waals surface area (Å²) in [6.07, 6.45) is 0.703. The average molecular weight is 365 g/mol. The fourth-order valence-corrected chi connectivity index (χ4v) is 2.84. The Labute approximate surface area is 156 Å². The van der Waals surface area contributed by atoms with Crippen LogP contribution in [0.1, 0.15) is 27.3 Å². The zero-order chi connectivity index (χ0) is 19.4. The van der Waals surface area contributed by atoms with E-state index in [1.165, 1.54) is 28.9 Å². The number of hydrogen-bond acceptors (Lipinski definition) is 5. The van der Waals surface area contributed by atoms with Crippen LogP contribution in [-0.4, -0.2) is 27.2 Å². The first-order valence-electron chi connectivity index (χ1n) is 8.45. The first-order valence-corrected chi connectivity index (χ1v) is 8.45. The van der Waals surface area contributed by atoms with Gasteiger partial charge in [-0.15, -0.1) is 0 Å². The van der Waals surface area contributed by atoms with E-state index < -0.39 is 4.92 Å². The molecule has 0 bridgehead atoms. The average Bonchev–Trinajstić information content (AvgIpc) is 2.95. The minimum Gasteiger partial charge on any atom is -0.484 e. The second-order valence-electron chi connectivity index (χ2n) is 6.16. The molecule has 7 heteroatoms. The zero-order valence-corrected chi connectivity index (χ0v) is 15.1. The normalized spacial score (nSPS) is 10.6. The van der Waals surface area contributed by atoms with Gasteiger partial charge in [0.05, 0.1) is 10.6 Å². The number of aromatic nitrogens is 2.